The van der Waals surface area contributed by atoms with Crippen LogP contribution in [0, 0.1) is 12.7 Å². The lowest BCUT2D eigenvalue weighted by molar-refractivity contribution is 0.101. The van der Waals surface area contributed by atoms with Crippen molar-refractivity contribution in [2.75, 3.05) is 10.6 Å². The number of para-hydroxylation sites is 1. The number of anilines is 2. The number of rotatable bonds is 4. The first-order chi connectivity index (χ1) is 13.5. The fraction of sp³-hybridized carbons (Fsp3) is 0.263. The van der Waals surface area contributed by atoms with Crippen LogP contribution in [0.1, 0.15) is 45.4 Å². The molecule has 144 valence electrons. The maximum absolute atomic E-state index is 13.9. The van der Waals surface area contributed by atoms with Gasteiger partial charge in [0.15, 0.2) is 17.3 Å². The Morgan fingerprint density at radius 1 is 1.18 bits per heavy atom. The number of nitrogens with zero attached hydrogens (tertiary/aromatic N) is 3. The van der Waals surface area contributed by atoms with Crippen LogP contribution >= 0.6 is 0 Å². The average Bonchev–Trinajstić information content (AvgIpc) is 3.27. The topological polar surface area (TPSA) is 102 Å². The largest absolute Gasteiger partial charge is 0.360 e. The van der Waals surface area contributed by atoms with Crippen molar-refractivity contribution in [2.45, 2.75) is 32.7 Å². The Balaban J connectivity index is 1.64. The third-order valence-electron chi connectivity index (χ3n) is 4.53. The standard InChI is InChI=1S/C19H18FN5O3/c1-11-10-15(24-28-11)22-19(27)17-23-16(14-8-4-5-9-25(14)17)18(26)21-13-7-3-2-6-12(13)20/h2-3,6-7,10H,4-5,8-9H2,1H3,(H,21,26)(H,22,24,27). The predicted octanol–water partition coefficient (Wildman–Crippen LogP) is 3.16. The van der Waals surface area contributed by atoms with Gasteiger partial charge < -0.3 is 19.7 Å². The lowest BCUT2D eigenvalue weighted by Crippen LogP contribution is -2.21. The maximum Gasteiger partial charge on any atom is 0.292 e. The third kappa shape index (κ3) is 3.38. The molecule has 1 aliphatic rings. The second-order valence-electron chi connectivity index (χ2n) is 6.55. The molecule has 0 atom stereocenters. The summed E-state index contributed by atoms with van der Waals surface area (Å²) in [6.07, 6.45) is 2.37. The van der Waals surface area contributed by atoms with Crippen LogP contribution in [0.3, 0.4) is 0 Å². The van der Waals surface area contributed by atoms with Gasteiger partial charge in [-0.3, -0.25) is 9.59 Å². The molecule has 28 heavy (non-hydrogen) atoms. The van der Waals surface area contributed by atoms with E-state index in [-0.39, 0.29) is 23.0 Å². The summed E-state index contributed by atoms with van der Waals surface area (Å²) in [5.74, 6) is -0.621. The molecule has 4 rings (SSSR count). The van der Waals surface area contributed by atoms with Crippen LogP contribution in [0.5, 0.6) is 0 Å². The van der Waals surface area contributed by atoms with Crippen molar-refractivity contribution in [3.63, 3.8) is 0 Å². The highest BCUT2D eigenvalue weighted by molar-refractivity contribution is 6.06. The Hall–Kier alpha value is -3.49. The molecule has 0 saturated heterocycles. The molecule has 3 aromatic rings. The van der Waals surface area contributed by atoms with E-state index in [0.717, 1.165) is 12.8 Å². The minimum absolute atomic E-state index is 0.0640. The third-order valence-corrected chi connectivity index (χ3v) is 4.53. The van der Waals surface area contributed by atoms with Crippen molar-refractivity contribution >= 4 is 23.3 Å². The first-order valence-corrected chi connectivity index (χ1v) is 8.93. The van der Waals surface area contributed by atoms with E-state index in [1.807, 2.05) is 0 Å². The highest BCUT2D eigenvalue weighted by Crippen LogP contribution is 2.23. The molecule has 2 N–H and O–H groups in total. The van der Waals surface area contributed by atoms with Gasteiger partial charge in [-0.15, -0.1) is 0 Å². The summed E-state index contributed by atoms with van der Waals surface area (Å²) in [6, 6.07) is 7.48. The number of halogens is 1. The first kappa shape index (κ1) is 17.9. The first-order valence-electron chi connectivity index (χ1n) is 8.93. The highest BCUT2D eigenvalue weighted by Gasteiger charge is 2.28. The van der Waals surface area contributed by atoms with Crippen LogP contribution in [0.4, 0.5) is 15.9 Å². The van der Waals surface area contributed by atoms with Gasteiger partial charge in [0.1, 0.15) is 11.6 Å². The summed E-state index contributed by atoms with van der Waals surface area (Å²) < 4.78 is 20.5. The molecule has 3 heterocycles. The number of carbonyl (C=O) groups excluding carboxylic acids is 2. The van der Waals surface area contributed by atoms with Crippen molar-refractivity contribution < 1.29 is 18.5 Å². The highest BCUT2D eigenvalue weighted by atomic mass is 19.1. The Morgan fingerprint density at radius 3 is 2.75 bits per heavy atom. The fourth-order valence-corrected chi connectivity index (χ4v) is 3.24. The Kier molecular flexibility index (Phi) is 4.64. The smallest absolute Gasteiger partial charge is 0.292 e. The van der Waals surface area contributed by atoms with E-state index >= 15 is 0 Å². The Labute approximate surface area is 159 Å². The number of aromatic nitrogens is 3. The Bertz CT molecular complexity index is 1060. The van der Waals surface area contributed by atoms with Gasteiger partial charge in [0, 0.05) is 12.6 Å². The van der Waals surface area contributed by atoms with Crippen molar-refractivity contribution in [3.8, 4) is 0 Å². The molecule has 1 aliphatic heterocycles. The van der Waals surface area contributed by atoms with E-state index in [0.29, 0.717) is 24.4 Å². The van der Waals surface area contributed by atoms with E-state index in [1.165, 1.54) is 18.2 Å². The molecular weight excluding hydrogens is 365 g/mol. The zero-order valence-electron chi connectivity index (χ0n) is 15.2. The van der Waals surface area contributed by atoms with Crippen LogP contribution in [-0.4, -0.2) is 26.5 Å². The molecule has 2 amide bonds. The predicted molar refractivity (Wildman–Crippen MR) is 98.7 cm³/mol. The second kappa shape index (κ2) is 7.26. The molecule has 0 bridgehead atoms. The molecule has 2 aromatic heterocycles. The maximum atomic E-state index is 13.9. The molecule has 0 radical (unpaired) electrons. The molecule has 0 spiro atoms. The number of nitrogens with one attached hydrogen (secondary N) is 2. The molecular formula is C19H18FN5O3. The SMILES string of the molecule is Cc1cc(NC(=O)c2nc(C(=O)Nc3ccccc3F)c3n2CCCC3)no1. The van der Waals surface area contributed by atoms with Crippen LogP contribution in [0.2, 0.25) is 0 Å². The molecule has 0 aliphatic carbocycles. The van der Waals surface area contributed by atoms with E-state index in [9.17, 15) is 14.0 Å². The van der Waals surface area contributed by atoms with Crippen LogP contribution in [0.15, 0.2) is 34.9 Å². The fourth-order valence-electron chi connectivity index (χ4n) is 3.24. The average molecular weight is 383 g/mol. The summed E-state index contributed by atoms with van der Waals surface area (Å²) in [7, 11) is 0. The van der Waals surface area contributed by atoms with E-state index in [2.05, 4.69) is 20.8 Å². The normalized spacial score (nSPS) is 13.1. The zero-order chi connectivity index (χ0) is 19.7. The number of aryl methyl sites for hydroxylation is 1. The van der Waals surface area contributed by atoms with Crippen LogP contribution < -0.4 is 10.6 Å². The molecule has 1 aromatic carbocycles. The molecule has 9 heteroatoms. The van der Waals surface area contributed by atoms with Gasteiger partial charge in [0.25, 0.3) is 11.8 Å². The van der Waals surface area contributed by atoms with Crippen molar-refractivity contribution in [2.24, 2.45) is 0 Å². The van der Waals surface area contributed by atoms with Gasteiger partial charge in [-0.1, -0.05) is 17.3 Å². The molecule has 8 nitrogen and oxygen atoms in total. The summed E-state index contributed by atoms with van der Waals surface area (Å²) in [5, 5.41) is 8.89. The number of hydrogen-bond acceptors (Lipinski definition) is 5. The lowest BCUT2D eigenvalue weighted by Gasteiger charge is -2.16. The van der Waals surface area contributed by atoms with Gasteiger partial charge >= 0.3 is 0 Å². The van der Waals surface area contributed by atoms with E-state index < -0.39 is 17.6 Å². The number of benzene rings is 1. The van der Waals surface area contributed by atoms with Crippen molar-refractivity contribution in [3.05, 3.63) is 59.1 Å². The summed E-state index contributed by atoms with van der Waals surface area (Å²) in [6.45, 7) is 2.29. The van der Waals surface area contributed by atoms with Gasteiger partial charge in [-0.25, -0.2) is 9.37 Å². The van der Waals surface area contributed by atoms with Gasteiger partial charge in [0.05, 0.1) is 11.4 Å². The quantitative estimate of drug-likeness (QED) is 0.721. The van der Waals surface area contributed by atoms with Crippen molar-refractivity contribution in [1.82, 2.24) is 14.7 Å². The summed E-state index contributed by atoms with van der Waals surface area (Å²) >= 11 is 0. The van der Waals surface area contributed by atoms with E-state index in [1.54, 1.807) is 23.6 Å². The van der Waals surface area contributed by atoms with Gasteiger partial charge in [-0.2, -0.15) is 0 Å². The minimum atomic E-state index is -0.549. The number of hydrogen-bond donors (Lipinski definition) is 2. The summed E-state index contributed by atoms with van der Waals surface area (Å²) in [5.41, 5.74) is 0.861. The number of carbonyl (C=O) groups is 2. The van der Waals surface area contributed by atoms with E-state index in [4.69, 9.17) is 4.52 Å². The minimum Gasteiger partial charge on any atom is -0.360 e. The summed E-state index contributed by atoms with van der Waals surface area (Å²) in [4.78, 5) is 29.7. The monoisotopic (exact) mass is 383 g/mol. The van der Waals surface area contributed by atoms with Gasteiger partial charge in [-0.05, 0) is 38.3 Å². The van der Waals surface area contributed by atoms with Crippen LogP contribution in [-0.2, 0) is 13.0 Å². The number of fused-ring (bicyclic) bond motifs is 1. The Morgan fingerprint density at radius 2 is 2.00 bits per heavy atom. The zero-order valence-corrected chi connectivity index (χ0v) is 15.2. The van der Waals surface area contributed by atoms with Crippen LogP contribution in [0.25, 0.3) is 0 Å². The lowest BCUT2D eigenvalue weighted by atomic mass is 10.1. The molecule has 0 fully saturated rings. The molecule has 0 saturated carbocycles. The molecule has 0 unspecified atom stereocenters. The van der Waals surface area contributed by atoms with Gasteiger partial charge in [0.2, 0.25) is 0 Å². The second-order valence-corrected chi connectivity index (χ2v) is 6.55. The number of amides is 2. The number of imidazole rings is 1. The van der Waals surface area contributed by atoms with Crippen molar-refractivity contribution in [1.29, 1.82) is 0 Å².